The minimum Gasteiger partial charge on any atom is -0.355 e. The highest BCUT2D eigenvalue weighted by Gasteiger charge is 2.25. The molecule has 0 spiro atoms. The van der Waals surface area contributed by atoms with Gasteiger partial charge in [0.25, 0.3) is 0 Å². The number of aliphatic imine (C=N–C) groups is 1. The number of unbranched alkanes of at least 4 members (excludes halogenated alkanes) is 2. The van der Waals surface area contributed by atoms with E-state index in [0.717, 1.165) is 19.4 Å². The summed E-state index contributed by atoms with van der Waals surface area (Å²) in [7, 11) is 0. The van der Waals surface area contributed by atoms with Crippen LogP contribution in [0, 0.1) is 0 Å². The molecule has 4 nitrogen and oxygen atoms in total. The molecule has 0 aliphatic rings. The van der Waals surface area contributed by atoms with Gasteiger partial charge in [0.15, 0.2) is 0 Å². The highest BCUT2D eigenvalue weighted by Crippen LogP contribution is 2.21. The van der Waals surface area contributed by atoms with Crippen molar-refractivity contribution in [1.82, 2.24) is 10.7 Å². The van der Waals surface area contributed by atoms with Gasteiger partial charge in [0.1, 0.15) is 0 Å². The lowest BCUT2D eigenvalue weighted by Gasteiger charge is -2.08. The second-order valence-electron chi connectivity index (χ2n) is 3.73. The van der Waals surface area contributed by atoms with Crippen molar-refractivity contribution >= 4 is 5.96 Å². The summed E-state index contributed by atoms with van der Waals surface area (Å²) in [6, 6.07) is 0. The molecular weight excluding hydrogens is 233 g/mol. The number of hydrazine groups is 1. The van der Waals surface area contributed by atoms with Crippen molar-refractivity contribution in [3.63, 3.8) is 0 Å². The van der Waals surface area contributed by atoms with Gasteiger partial charge in [0, 0.05) is 19.5 Å². The Labute approximate surface area is 99.8 Å². The minimum atomic E-state index is -4.07. The van der Waals surface area contributed by atoms with Gasteiger partial charge in [-0.05, 0) is 19.3 Å². The Morgan fingerprint density at radius 3 is 2.47 bits per heavy atom. The van der Waals surface area contributed by atoms with Crippen LogP contribution in [-0.4, -0.2) is 25.2 Å². The number of nitrogens with two attached hydrogens (primary N) is 1. The summed E-state index contributed by atoms with van der Waals surface area (Å²) in [5, 5.41) is 2.97. The topological polar surface area (TPSA) is 62.4 Å². The first-order chi connectivity index (χ1) is 7.99. The summed E-state index contributed by atoms with van der Waals surface area (Å²) in [5.41, 5.74) is 2.38. The molecule has 0 aromatic rings. The van der Waals surface area contributed by atoms with Crippen LogP contribution >= 0.6 is 0 Å². The Bertz CT molecular complexity index is 216. The maximum Gasteiger partial charge on any atom is 0.389 e. The van der Waals surface area contributed by atoms with E-state index in [4.69, 9.17) is 5.84 Å². The van der Waals surface area contributed by atoms with E-state index in [1.54, 1.807) is 0 Å². The highest BCUT2D eigenvalue weighted by molar-refractivity contribution is 5.79. The van der Waals surface area contributed by atoms with Crippen LogP contribution in [0.1, 0.15) is 39.0 Å². The molecule has 0 amide bonds. The fraction of sp³-hybridized carbons (Fsp3) is 0.900. The molecule has 7 heteroatoms. The van der Waals surface area contributed by atoms with Crippen LogP contribution in [0.25, 0.3) is 0 Å². The van der Waals surface area contributed by atoms with Gasteiger partial charge in [0.2, 0.25) is 5.96 Å². The van der Waals surface area contributed by atoms with E-state index < -0.39 is 12.6 Å². The van der Waals surface area contributed by atoms with Crippen LogP contribution in [0.3, 0.4) is 0 Å². The lowest BCUT2D eigenvalue weighted by atomic mass is 10.2. The van der Waals surface area contributed by atoms with Crippen LogP contribution in [0.2, 0.25) is 0 Å². The van der Waals surface area contributed by atoms with E-state index in [0.29, 0.717) is 18.9 Å². The van der Waals surface area contributed by atoms with Crippen LogP contribution < -0.4 is 16.6 Å². The number of halogens is 3. The van der Waals surface area contributed by atoms with Crippen molar-refractivity contribution in [3.05, 3.63) is 0 Å². The highest BCUT2D eigenvalue weighted by atomic mass is 19.4. The van der Waals surface area contributed by atoms with Crippen molar-refractivity contribution in [3.8, 4) is 0 Å². The summed E-state index contributed by atoms with van der Waals surface area (Å²) < 4.78 is 35.5. The first-order valence-corrected chi connectivity index (χ1v) is 5.81. The molecule has 0 rings (SSSR count). The first kappa shape index (κ1) is 16.0. The number of rotatable bonds is 7. The van der Waals surface area contributed by atoms with Crippen molar-refractivity contribution in [2.24, 2.45) is 10.8 Å². The second-order valence-corrected chi connectivity index (χ2v) is 3.73. The van der Waals surface area contributed by atoms with Gasteiger partial charge in [-0.2, -0.15) is 13.2 Å². The maximum atomic E-state index is 11.8. The third-order valence-electron chi connectivity index (χ3n) is 2.10. The second kappa shape index (κ2) is 9.09. The van der Waals surface area contributed by atoms with Crippen LogP contribution in [0.5, 0.6) is 0 Å². The minimum absolute atomic E-state index is 0.0970. The SMILES string of the molecule is CCCCNC(=NCCCCC(F)(F)F)NN. The fourth-order valence-electron chi connectivity index (χ4n) is 1.16. The van der Waals surface area contributed by atoms with E-state index in [9.17, 15) is 13.2 Å². The molecule has 0 aliphatic carbocycles. The lowest BCUT2D eigenvalue weighted by molar-refractivity contribution is -0.135. The van der Waals surface area contributed by atoms with Crippen molar-refractivity contribution in [2.45, 2.75) is 45.2 Å². The van der Waals surface area contributed by atoms with Crippen LogP contribution in [-0.2, 0) is 0 Å². The molecule has 0 atom stereocenters. The molecule has 0 saturated heterocycles. The molecule has 0 radical (unpaired) electrons. The van der Waals surface area contributed by atoms with E-state index in [-0.39, 0.29) is 6.42 Å². The van der Waals surface area contributed by atoms with Gasteiger partial charge in [0.05, 0.1) is 0 Å². The van der Waals surface area contributed by atoms with Gasteiger partial charge in [-0.1, -0.05) is 13.3 Å². The molecular formula is C10H21F3N4. The molecule has 0 aromatic carbocycles. The quantitative estimate of drug-likeness (QED) is 0.214. The smallest absolute Gasteiger partial charge is 0.355 e. The number of nitrogens with zero attached hydrogens (tertiary/aromatic N) is 1. The fourth-order valence-corrected chi connectivity index (χ4v) is 1.16. The third kappa shape index (κ3) is 11.3. The summed E-state index contributed by atoms with van der Waals surface area (Å²) in [6.07, 6.45) is -2.28. The van der Waals surface area contributed by atoms with E-state index in [1.807, 2.05) is 0 Å². The van der Waals surface area contributed by atoms with Gasteiger partial charge in [-0.25, -0.2) is 5.84 Å². The standard InChI is InChI=1S/C10H21F3N4/c1-2-3-7-15-9(17-14)16-8-5-4-6-10(11,12)13/h2-8,14H2,1H3,(H2,15,16,17). The number of alkyl halides is 3. The Balaban J connectivity index is 3.64. The normalized spacial score (nSPS) is 12.6. The van der Waals surface area contributed by atoms with Gasteiger partial charge >= 0.3 is 6.18 Å². The Morgan fingerprint density at radius 2 is 1.94 bits per heavy atom. The molecule has 0 bridgehead atoms. The monoisotopic (exact) mass is 254 g/mol. The molecule has 0 heterocycles. The van der Waals surface area contributed by atoms with E-state index >= 15 is 0 Å². The van der Waals surface area contributed by atoms with Gasteiger partial charge in [-0.15, -0.1) is 0 Å². The molecule has 0 fully saturated rings. The number of hydrogen-bond acceptors (Lipinski definition) is 2. The van der Waals surface area contributed by atoms with E-state index in [1.165, 1.54) is 0 Å². The third-order valence-corrected chi connectivity index (χ3v) is 2.10. The average molecular weight is 254 g/mol. The number of nitrogens with one attached hydrogen (secondary N) is 2. The predicted octanol–water partition coefficient (Wildman–Crippen LogP) is 1.93. The molecule has 0 saturated carbocycles. The van der Waals surface area contributed by atoms with Crippen LogP contribution in [0.15, 0.2) is 4.99 Å². The maximum absolute atomic E-state index is 11.8. The van der Waals surface area contributed by atoms with Gasteiger partial charge in [-0.3, -0.25) is 10.4 Å². The Hall–Kier alpha value is -0.980. The largest absolute Gasteiger partial charge is 0.389 e. The summed E-state index contributed by atoms with van der Waals surface area (Å²) in [5.74, 6) is 5.65. The number of guanidine groups is 1. The Kier molecular flexibility index (Phi) is 8.57. The molecule has 0 unspecified atom stereocenters. The van der Waals surface area contributed by atoms with Crippen LogP contribution in [0.4, 0.5) is 13.2 Å². The summed E-state index contributed by atoms with van der Waals surface area (Å²) in [4.78, 5) is 4.04. The van der Waals surface area contributed by atoms with Crippen molar-refractivity contribution in [2.75, 3.05) is 13.1 Å². The molecule has 0 aliphatic heterocycles. The average Bonchev–Trinajstić information content (AvgIpc) is 2.25. The zero-order valence-electron chi connectivity index (χ0n) is 10.1. The molecule has 102 valence electrons. The first-order valence-electron chi connectivity index (χ1n) is 5.81. The summed E-state index contributed by atoms with van der Waals surface area (Å²) in [6.45, 7) is 3.16. The lowest BCUT2D eigenvalue weighted by Crippen LogP contribution is -2.42. The zero-order valence-corrected chi connectivity index (χ0v) is 10.1. The van der Waals surface area contributed by atoms with Crippen molar-refractivity contribution < 1.29 is 13.2 Å². The molecule has 4 N–H and O–H groups in total. The predicted molar refractivity (Wildman–Crippen MR) is 62.4 cm³/mol. The van der Waals surface area contributed by atoms with Crippen molar-refractivity contribution in [1.29, 1.82) is 0 Å². The zero-order chi connectivity index (χ0) is 13.1. The summed E-state index contributed by atoms with van der Waals surface area (Å²) >= 11 is 0. The van der Waals surface area contributed by atoms with E-state index in [2.05, 4.69) is 22.7 Å². The Morgan fingerprint density at radius 1 is 1.24 bits per heavy atom. The molecule has 0 aromatic heterocycles. The number of hydrogen-bond donors (Lipinski definition) is 3. The van der Waals surface area contributed by atoms with Gasteiger partial charge < -0.3 is 5.32 Å². The molecule has 17 heavy (non-hydrogen) atoms.